The van der Waals surface area contributed by atoms with Gasteiger partial charge in [0.2, 0.25) is 5.91 Å². The van der Waals surface area contributed by atoms with Gasteiger partial charge in [0.05, 0.1) is 7.11 Å². The summed E-state index contributed by atoms with van der Waals surface area (Å²) in [5, 5.41) is 3.04. The second kappa shape index (κ2) is 4.78. The van der Waals surface area contributed by atoms with Crippen molar-refractivity contribution in [3.63, 3.8) is 0 Å². The maximum absolute atomic E-state index is 11.6. The van der Waals surface area contributed by atoms with E-state index in [4.69, 9.17) is 4.74 Å². The lowest BCUT2D eigenvalue weighted by Crippen LogP contribution is -2.45. The van der Waals surface area contributed by atoms with Crippen molar-refractivity contribution in [2.75, 3.05) is 7.11 Å². The minimum absolute atomic E-state index is 0.0956. The zero-order valence-corrected chi connectivity index (χ0v) is 10.6. The first kappa shape index (κ1) is 12.0. The predicted octanol–water partition coefficient (Wildman–Crippen LogP) is 2.32. The van der Waals surface area contributed by atoms with Crippen molar-refractivity contribution >= 4 is 5.91 Å². The van der Waals surface area contributed by atoms with Crippen LogP contribution in [0.15, 0.2) is 24.3 Å². The van der Waals surface area contributed by atoms with Crippen LogP contribution in [0, 0.1) is 5.92 Å². The molecule has 17 heavy (non-hydrogen) atoms. The summed E-state index contributed by atoms with van der Waals surface area (Å²) in [6.07, 6.45) is 0.916. The third-order valence-corrected chi connectivity index (χ3v) is 3.57. The van der Waals surface area contributed by atoms with E-state index in [9.17, 15) is 4.79 Å². The number of ether oxygens (including phenoxy) is 1. The van der Waals surface area contributed by atoms with Crippen molar-refractivity contribution in [3.05, 3.63) is 29.8 Å². The summed E-state index contributed by atoms with van der Waals surface area (Å²) in [4.78, 5) is 11.6. The molecule has 3 atom stereocenters. The van der Waals surface area contributed by atoms with E-state index < -0.39 is 0 Å². The van der Waals surface area contributed by atoms with Gasteiger partial charge in [-0.3, -0.25) is 4.79 Å². The highest BCUT2D eigenvalue weighted by atomic mass is 16.5. The second-order valence-corrected chi connectivity index (χ2v) is 4.81. The van der Waals surface area contributed by atoms with E-state index in [2.05, 4.69) is 24.4 Å². The molecule has 1 amide bonds. The topological polar surface area (TPSA) is 38.3 Å². The van der Waals surface area contributed by atoms with Gasteiger partial charge in [0.1, 0.15) is 5.75 Å². The lowest BCUT2D eigenvalue weighted by Gasteiger charge is -2.33. The zero-order valence-electron chi connectivity index (χ0n) is 10.6. The van der Waals surface area contributed by atoms with Crippen LogP contribution in [0.4, 0.5) is 0 Å². The van der Waals surface area contributed by atoms with Gasteiger partial charge in [-0.1, -0.05) is 19.1 Å². The number of piperidine rings is 1. The van der Waals surface area contributed by atoms with Crippen molar-refractivity contribution in [3.8, 4) is 5.75 Å². The van der Waals surface area contributed by atoms with Crippen LogP contribution in [0.2, 0.25) is 0 Å². The molecular formula is C14H19NO2. The van der Waals surface area contributed by atoms with Crippen LogP contribution in [0.25, 0.3) is 0 Å². The molecule has 1 aromatic rings. The average Bonchev–Trinajstić information content (AvgIpc) is 2.34. The molecule has 1 saturated heterocycles. The molecule has 0 saturated carbocycles. The summed E-state index contributed by atoms with van der Waals surface area (Å²) in [5.41, 5.74) is 1.27. The Morgan fingerprint density at radius 1 is 1.24 bits per heavy atom. The lowest BCUT2D eigenvalue weighted by molar-refractivity contribution is -0.127. The summed E-state index contributed by atoms with van der Waals surface area (Å²) in [5.74, 6) is 1.53. The van der Waals surface area contributed by atoms with E-state index in [1.165, 1.54) is 5.56 Å². The minimum Gasteiger partial charge on any atom is -0.497 e. The molecule has 3 heteroatoms. The number of methoxy groups -OCH3 is 1. The molecule has 3 nitrogen and oxygen atoms in total. The van der Waals surface area contributed by atoms with Crippen molar-refractivity contribution in [1.29, 1.82) is 0 Å². The Kier molecular flexibility index (Phi) is 3.36. The number of hydrogen-bond donors (Lipinski definition) is 1. The fourth-order valence-electron chi connectivity index (χ4n) is 2.44. The zero-order chi connectivity index (χ0) is 12.4. The predicted molar refractivity (Wildman–Crippen MR) is 67.1 cm³/mol. The van der Waals surface area contributed by atoms with E-state index in [0.717, 1.165) is 12.2 Å². The fraction of sp³-hybridized carbons (Fsp3) is 0.500. The van der Waals surface area contributed by atoms with Crippen molar-refractivity contribution in [1.82, 2.24) is 5.32 Å². The van der Waals surface area contributed by atoms with E-state index in [-0.39, 0.29) is 17.9 Å². The molecule has 1 fully saturated rings. The summed E-state index contributed by atoms with van der Waals surface area (Å²) < 4.78 is 5.15. The molecule has 0 aliphatic carbocycles. The van der Waals surface area contributed by atoms with Gasteiger partial charge in [-0.25, -0.2) is 0 Å². The first-order chi connectivity index (χ1) is 8.11. The van der Waals surface area contributed by atoms with E-state index in [0.29, 0.717) is 5.92 Å². The molecule has 1 aromatic carbocycles. The first-order valence-electron chi connectivity index (χ1n) is 6.06. The van der Waals surface area contributed by atoms with Gasteiger partial charge in [-0.15, -0.1) is 0 Å². The quantitative estimate of drug-likeness (QED) is 0.851. The molecule has 3 unspecified atom stereocenters. The average molecular weight is 233 g/mol. The Bertz CT molecular complexity index is 399. The monoisotopic (exact) mass is 233 g/mol. The number of amides is 1. The highest BCUT2D eigenvalue weighted by molar-refractivity contribution is 5.79. The smallest absolute Gasteiger partial charge is 0.223 e. The van der Waals surface area contributed by atoms with Crippen LogP contribution in [0.5, 0.6) is 5.75 Å². The number of carbonyl (C=O) groups excluding carboxylic acids is 1. The van der Waals surface area contributed by atoms with Gasteiger partial charge in [0, 0.05) is 17.9 Å². The van der Waals surface area contributed by atoms with E-state index in [1.54, 1.807) is 7.11 Å². The summed E-state index contributed by atoms with van der Waals surface area (Å²) in [6, 6.07) is 8.33. The number of rotatable bonds is 2. The van der Waals surface area contributed by atoms with Crippen molar-refractivity contribution in [2.24, 2.45) is 5.92 Å². The molecule has 1 aliphatic rings. The van der Waals surface area contributed by atoms with Crippen LogP contribution in [0.3, 0.4) is 0 Å². The Balaban J connectivity index is 2.17. The molecule has 2 rings (SSSR count). The Morgan fingerprint density at radius 2 is 1.88 bits per heavy atom. The normalized spacial score (nSPS) is 28.6. The van der Waals surface area contributed by atoms with Gasteiger partial charge in [0.25, 0.3) is 0 Å². The molecule has 1 heterocycles. The van der Waals surface area contributed by atoms with Crippen molar-refractivity contribution in [2.45, 2.75) is 32.2 Å². The lowest BCUT2D eigenvalue weighted by atomic mass is 9.81. The number of nitrogens with one attached hydrogen (secondary N) is 1. The second-order valence-electron chi connectivity index (χ2n) is 4.81. The third-order valence-electron chi connectivity index (χ3n) is 3.57. The minimum atomic E-state index is 0.0956. The molecular weight excluding hydrogens is 214 g/mol. The maximum atomic E-state index is 11.6. The van der Waals surface area contributed by atoms with Gasteiger partial charge in [-0.2, -0.15) is 0 Å². The number of carbonyl (C=O) groups is 1. The highest BCUT2D eigenvalue weighted by Crippen LogP contribution is 2.31. The molecule has 0 spiro atoms. The molecule has 92 valence electrons. The van der Waals surface area contributed by atoms with E-state index in [1.807, 2.05) is 19.1 Å². The van der Waals surface area contributed by atoms with Gasteiger partial charge in [0.15, 0.2) is 0 Å². The number of hydrogen-bond acceptors (Lipinski definition) is 2. The summed E-state index contributed by atoms with van der Waals surface area (Å²) in [7, 11) is 1.67. The third kappa shape index (κ3) is 2.43. The molecule has 0 radical (unpaired) electrons. The molecule has 0 aromatic heterocycles. The maximum Gasteiger partial charge on any atom is 0.223 e. The number of benzene rings is 1. The standard InChI is InChI=1S/C14H19NO2/c1-9-8-13(10(2)15-14(9)16)11-4-6-12(17-3)7-5-11/h4-7,9-10,13H,8H2,1-3H3,(H,15,16). The molecule has 1 N–H and O–H groups in total. The fourth-order valence-corrected chi connectivity index (χ4v) is 2.44. The Morgan fingerprint density at radius 3 is 2.47 bits per heavy atom. The van der Waals surface area contributed by atoms with Crippen molar-refractivity contribution < 1.29 is 9.53 Å². The van der Waals surface area contributed by atoms with Gasteiger partial charge in [-0.05, 0) is 31.0 Å². The van der Waals surface area contributed by atoms with Crippen LogP contribution in [-0.2, 0) is 4.79 Å². The summed E-state index contributed by atoms with van der Waals surface area (Å²) >= 11 is 0. The van der Waals surface area contributed by atoms with Crippen LogP contribution in [-0.4, -0.2) is 19.1 Å². The van der Waals surface area contributed by atoms with Crippen LogP contribution in [0.1, 0.15) is 31.7 Å². The molecule has 0 bridgehead atoms. The Labute approximate surface area is 102 Å². The summed E-state index contributed by atoms with van der Waals surface area (Å²) in [6.45, 7) is 4.05. The Hall–Kier alpha value is -1.51. The first-order valence-corrected chi connectivity index (χ1v) is 6.06. The largest absolute Gasteiger partial charge is 0.497 e. The SMILES string of the molecule is COc1ccc(C2CC(C)C(=O)NC2C)cc1. The van der Waals surface area contributed by atoms with Gasteiger partial charge >= 0.3 is 0 Å². The van der Waals surface area contributed by atoms with Crippen LogP contribution >= 0.6 is 0 Å². The van der Waals surface area contributed by atoms with E-state index >= 15 is 0 Å². The van der Waals surface area contributed by atoms with Crippen LogP contribution < -0.4 is 10.1 Å². The molecule has 1 aliphatic heterocycles. The van der Waals surface area contributed by atoms with Gasteiger partial charge < -0.3 is 10.1 Å². The highest BCUT2D eigenvalue weighted by Gasteiger charge is 2.31.